The standard InChI is InChI=1S/C20H26N6O/c1-15-18(16(2)26-20(24-15)22-14-23-26)10-11-19(27)21-12-7-13-25(3)17-8-5-4-6-9-17/h4-6,8-9,14H,7,10-13H2,1-3H3,(H,21,27). The van der Waals surface area contributed by atoms with Gasteiger partial charge in [0.05, 0.1) is 0 Å². The van der Waals surface area contributed by atoms with Gasteiger partial charge >= 0.3 is 0 Å². The second-order valence-corrected chi connectivity index (χ2v) is 6.69. The van der Waals surface area contributed by atoms with Crippen molar-refractivity contribution in [1.82, 2.24) is 24.9 Å². The number of nitrogens with one attached hydrogen (secondary N) is 1. The van der Waals surface area contributed by atoms with Gasteiger partial charge < -0.3 is 10.2 Å². The summed E-state index contributed by atoms with van der Waals surface area (Å²) in [6.45, 7) is 5.51. The van der Waals surface area contributed by atoms with Crippen LogP contribution in [0.3, 0.4) is 0 Å². The van der Waals surface area contributed by atoms with E-state index in [4.69, 9.17) is 0 Å². The van der Waals surface area contributed by atoms with Gasteiger partial charge in [0.1, 0.15) is 6.33 Å². The molecule has 1 aromatic carbocycles. The molecule has 142 valence electrons. The molecule has 0 radical (unpaired) electrons. The Hall–Kier alpha value is -2.96. The lowest BCUT2D eigenvalue weighted by Crippen LogP contribution is -2.28. The van der Waals surface area contributed by atoms with Crippen molar-refractivity contribution in [3.63, 3.8) is 0 Å². The molecule has 0 aliphatic carbocycles. The monoisotopic (exact) mass is 366 g/mol. The summed E-state index contributed by atoms with van der Waals surface area (Å²) in [6, 6.07) is 10.2. The molecule has 27 heavy (non-hydrogen) atoms. The molecule has 7 heteroatoms. The lowest BCUT2D eigenvalue weighted by molar-refractivity contribution is -0.121. The van der Waals surface area contributed by atoms with Crippen LogP contribution in [0.15, 0.2) is 36.7 Å². The zero-order valence-electron chi connectivity index (χ0n) is 16.1. The minimum atomic E-state index is 0.0647. The van der Waals surface area contributed by atoms with Crippen LogP contribution in [0.5, 0.6) is 0 Å². The van der Waals surface area contributed by atoms with Crippen molar-refractivity contribution in [3.05, 3.63) is 53.6 Å². The fraction of sp³-hybridized carbons (Fsp3) is 0.400. The van der Waals surface area contributed by atoms with E-state index in [0.717, 1.165) is 29.9 Å². The molecule has 0 unspecified atom stereocenters. The van der Waals surface area contributed by atoms with Gasteiger partial charge in [-0.1, -0.05) is 18.2 Å². The Labute approximate surface area is 159 Å². The summed E-state index contributed by atoms with van der Waals surface area (Å²) >= 11 is 0. The Morgan fingerprint density at radius 1 is 1.22 bits per heavy atom. The Morgan fingerprint density at radius 3 is 2.78 bits per heavy atom. The van der Waals surface area contributed by atoms with Crippen molar-refractivity contribution < 1.29 is 4.79 Å². The SMILES string of the molecule is Cc1nc2ncnn2c(C)c1CCC(=O)NCCCN(C)c1ccccc1. The lowest BCUT2D eigenvalue weighted by Gasteiger charge is -2.19. The number of rotatable bonds is 8. The van der Waals surface area contributed by atoms with Crippen molar-refractivity contribution in [2.45, 2.75) is 33.1 Å². The Bertz CT molecular complexity index is 905. The minimum Gasteiger partial charge on any atom is -0.375 e. The maximum atomic E-state index is 12.2. The second-order valence-electron chi connectivity index (χ2n) is 6.69. The molecule has 3 aromatic rings. The van der Waals surface area contributed by atoms with Crippen molar-refractivity contribution in [2.24, 2.45) is 0 Å². The molecule has 1 amide bonds. The third-order valence-corrected chi connectivity index (χ3v) is 4.78. The molecule has 1 N–H and O–H groups in total. The number of hydrogen-bond donors (Lipinski definition) is 1. The summed E-state index contributed by atoms with van der Waals surface area (Å²) < 4.78 is 1.72. The minimum absolute atomic E-state index is 0.0647. The molecule has 0 saturated heterocycles. The van der Waals surface area contributed by atoms with Gasteiger partial charge in [-0.05, 0) is 44.4 Å². The van der Waals surface area contributed by atoms with E-state index in [1.54, 1.807) is 4.52 Å². The number of hydrogen-bond acceptors (Lipinski definition) is 5. The molecule has 2 aromatic heterocycles. The quantitative estimate of drug-likeness (QED) is 0.619. The smallest absolute Gasteiger partial charge is 0.252 e. The summed E-state index contributed by atoms with van der Waals surface area (Å²) in [5, 5.41) is 7.20. The van der Waals surface area contributed by atoms with Crippen LogP contribution >= 0.6 is 0 Å². The molecule has 3 rings (SSSR count). The molecule has 0 atom stereocenters. The van der Waals surface area contributed by atoms with Gasteiger partial charge in [0.2, 0.25) is 5.91 Å². The summed E-state index contributed by atoms with van der Waals surface area (Å²) in [6.07, 6.45) is 3.49. The summed E-state index contributed by atoms with van der Waals surface area (Å²) in [7, 11) is 2.07. The Morgan fingerprint density at radius 2 is 2.00 bits per heavy atom. The number of aromatic nitrogens is 4. The lowest BCUT2D eigenvalue weighted by atomic mass is 10.1. The van der Waals surface area contributed by atoms with Crippen LogP contribution in [0, 0.1) is 13.8 Å². The number of amides is 1. The van der Waals surface area contributed by atoms with E-state index < -0.39 is 0 Å². The average molecular weight is 366 g/mol. The van der Waals surface area contributed by atoms with Crippen molar-refractivity contribution >= 4 is 17.4 Å². The summed E-state index contributed by atoms with van der Waals surface area (Å²) in [5.74, 6) is 0.663. The van der Waals surface area contributed by atoms with Crippen LogP contribution in [0.4, 0.5) is 5.69 Å². The van der Waals surface area contributed by atoms with E-state index in [-0.39, 0.29) is 5.91 Å². The van der Waals surface area contributed by atoms with E-state index in [1.165, 1.54) is 12.0 Å². The number of carbonyl (C=O) groups is 1. The maximum absolute atomic E-state index is 12.2. The molecule has 0 aliphatic heterocycles. The van der Waals surface area contributed by atoms with Crippen LogP contribution in [-0.2, 0) is 11.2 Å². The van der Waals surface area contributed by atoms with Crippen LogP contribution < -0.4 is 10.2 Å². The number of para-hydroxylation sites is 1. The first kappa shape index (κ1) is 18.8. The highest BCUT2D eigenvalue weighted by atomic mass is 16.1. The van der Waals surface area contributed by atoms with E-state index in [1.807, 2.05) is 32.0 Å². The van der Waals surface area contributed by atoms with Gasteiger partial charge in [-0.2, -0.15) is 10.1 Å². The molecule has 2 heterocycles. The zero-order chi connectivity index (χ0) is 19.2. The highest BCUT2D eigenvalue weighted by Crippen LogP contribution is 2.15. The number of carbonyl (C=O) groups excluding carboxylic acids is 1. The van der Waals surface area contributed by atoms with Crippen LogP contribution in [-0.4, -0.2) is 45.6 Å². The van der Waals surface area contributed by atoms with Crippen LogP contribution in [0.2, 0.25) is 0 Å². The van der Waals surface area contributed by atoms with Gasteiger partial charge in [-0.15, -0.1) is 0 Å². The number of fused-ring (bicyclic) bond motifs is 1. The number of aryl methyl sites for hydroxylation is 2. The number of benzene rings is 1. The third kappa shape index (κ3) is 4.61. The summed E-state index contributed by atoms with van der Waals surface area (Å²) in [5.41, 5.74) is 4.15. The molecule has 7 nitrogen and oxygen atoms in total. The second kappa shape index (κ2) is 8.62. The maximum Gasteiger partial charge on any atom is 0.252 e. The van der Waals surface area contributed by atoms with E-state index in [0.29, 0.717) is 25.2 Å². The Balaban J connectivity index is 1.44. The molecule has 0 fully saturated rings. The molecular weight excluding hydrogens is 340 g/mol. The number of nitrogens with zero attached hydrogens (tertiary/aromatic N) is 5. The zero-order valence-corrected chi connectivity index (χ0v) is 16.1. The molecule has 0 bridgehead atoms. The van der Waals surface area contributed by atoms with Crippen LogP contribution in [0.1, 0.15) is 29.8 Å². The topological polar surface area (TPSA) is 75.4 Å². The Kier molecular flexibility index (Phi) is 6.01. The average Bonchev–Trinajstić information content (AvgIpc) is 3.14. The molecule has 0 saturated carbocycles. The number of anilines is 1. The summed E-state index contributed by atoms with van der Waals surface area (Å²) in [4.78, 5) is 22.9. The van der Waals surface area contributed by atoms with Gasteiger partial charge in [0, 0.05) is 43.6 Å². The van der Waals surface area contributed by atoms with Gasteiger partial charge in [-0.3, -0.25) is 4.79 Å². The first-order valence-corrected chi connectivity index (χ1v) is 9.25. The highest BCUT2D eigenvalue weighted by molar-refractivity contribution is 5.76. The normalized spacial score (nSPS) is 10.9. The highest BCUT2D eigenvalue weighted by Gasteiger charge is 2.12. The first-order valence-electron chi connectivity index (χ1n) is 9.25. The van der Waals surface area contributed by atoms with Gasteiger partial charge in [-0.25, -0.2) is 9.50 Å². The first-order chi connectivity index (χ1) is 13.1. The molecular formula is C20H26N6O. The molecule has 0 spiro atoms. The predicted octanol–water partition coefficient (Wildman–Crippen LogP) is 2.32. The van der Waals surface area contributed by atoms with Gasteiger partial charge in [0.15, 0.2) is 0 Å². The van der Waals surface area contributed by atoms with E-state index in [9.17, 15) is 4.79 Å². The fourth-order valence-corrected chi connectivity index (χ4v) is 3.20. The predicted molar refractivity (Wildman–Crippen MR) is 106 cm³/mol. The fourth-order valence-electron chi connectivity index (χ4n) is 3.20. The van der Waals surface area contributed by atoms with Crippen molar-refractivity contribution in [1.29, 1.82) is 0 Å². The van der Waals surface area contributed by atoms with Crippen LogP contribution in [0.25, 0.3) is 5.78 Å². The molecule has 0 aliphatic rings. The van der Waals surface area contributed by atoms with E-state index >= 15 is 0 Å². The van der Waals surface area contributed by atoms with Crippen molar-refractivity contribution in [2.75, 3.05) is 25.0 Å². The van der Waals surface area contributed by atoms with Crippen molar-refractivity contribution in [3.8, 4) is 0 Å². The van der Waals surface area contributed by atoms with Gasteiger partial charge in [0.25, 0.3) is 5.78 Å². The third-order valence-electron chi connectivity index (χ3n) is 4.78. The van der Waals surface area contributed by atoms with E-state index in [2.05, 4.69) is 44.5 Å². The largest absolute Gasteiger partial charge is 0.375 e.